The topological polar surface area (TPSA) is 35.6 Å². The molecule has 0 aromatic heterocycles. The van der Waals surface area contributed by atoms with Gasteiger partial charge in [-0.25, -0.2) is 0 Å². The Morgan fingerprint density at radius 1 is 1.27 bits per heavy atom. The van der Waals surface area contributed by atoms with Crippen LogP contribution in [0.25, 0.3) is 0 Å². The molecule has 124 valence electrons. The Morgan fingerprint density at radius 2 is 2.00 bits per heavy atom. The molecule has 0 radical (unpaired) electrons. The van der Waals surface area contributed by atoms with E-state index in [0.717, 1.165) is 38.2 Å². The number of carbonyl (C=O) groups is 1. The molecule has 0 spiro atoms. The summed E-state index contributed by atoms with van der Waals surface area (Å²) in [4.78, 5) is 16.9. The van der Waals surface area contributed by atoms with Crippen molar-refractivity contribution in [2.24, 2.45) is 0 Å². The quantitative estimate of drug-likeness (QED) is 0.837. The minimum absolute atomic E-state index is 0. The molecular formula is C17H28ClN3O. The number of carbonyl (C=O) groups excluding carboxylic acids is 1. The van der Waals surface area contributed by atoms with Gasteiger partial charge in [0.2, 0.25) is 5.91 Å². The number of hydrogen-bond donors (Lipinski definition) is 1. The zero-order valence-corrected chi connectivity index (χ0v) is 14.4. The van der Waals surface area contributed by atoms with Crippen molar-refractivity contribution in [3.05, 3.63) is 30.3 Å². The molecular weight excluding hydrogens is 298 g/mol. The molecule has 22 heavy (non-hydrogen) atoms. The highest BCUT2D eigenvalue weighted by Gasteiger charge is 2.25. The highest BCUT2D eigenvalue weighted by atomic mass is 35.5. The van der Waals surface area contributed by atoms with Crippen molar-refractivity contribution in [2.45, 2.75) is 32.7 Å². The average molecular weight is 326 g/mol. The van der Waals surface area contributed by atoms with Gasteiger partial charge in [-0.15, -0.1) is 12.4 Å². The number of benzene rings is 1. The molecule has 1 unspecified atom stereocenters. The Balaban J connectivity index is 0.00000242. The number of amides is 1. The zero-order chi connectivity index (χ0) is 15.1. The van der Waals surface area contributed by atoms with Crippen molar-refractivity contribution >= 4 is 24.0 Å². The van der Waals surface area contributed by atoms with Crippen LogP contribution in [0.5, 0.6) is 0 Å². The number of hydrogen-bond acceptors (Lipinski definition) is 3. The number of likely N-dealkylation sites (N-methyl/N-ethyl adjacent to an activating group) is 1. The number of anilines is 1. The number of nitrogens with one attached hydrogen (secondary N) is 1. The van der Waals surface area contributed by atoms with Gasteiger partial charge in [0.15, 0.2) is 0 Å². The molecule has 1 aliphatic rings. The molecule has 1 saturated heterocycles. The first kappa shape index (κ1) is 18.9. The van der Waals surface area contributed by atoms with Crippen LogP contribution in [0.2, 0.25) is 0 Å². The summed E-state index contributed by atoms with van der Waals surface area (Å²) in [5.74, 6) is 0.198. The third-order valence-electron chi connectivity index (χ3n) is 4.09. The van der Waals surface area contributed by atoms with Crippen LogP contribution in [-0.2, 0) is 4.79 Å². The van der Waals surface area contributed by atoms with E-state index in [4.69, 9.17) is 0 Å². The minimum atomic E-state index is 0. The SMILES string of the molecule is CCCN(CC(=O)N(CC)c1ccccc1)C1CCNC1.Cl. The molecule has 0 aliphatic carbocycles. The fourth-order valence-electron chi connectivity index (χ4n) is 3.00. The monoisotopic (exact) mass is 325 g/mol. The van der Waals surface area contributed by atoms with Gasteiger partial charge >= 0.3 is 0 Å². The van der Waals surface area contributed by atoms with Gasteiger partial charge in [-0.3, -0.25) is 9.69 Å². The Bertz CT molecular complexity index is 435. The molecule has 0 bridgehead atoms. The summed E-state index contributed by atoms with van der Waals surface area (Å²) < 4.78 is 0. The van der Waals surface area contributed by atoms with E-state index in [1.165, 1.54) is 0 Å². The maximum atomic E-state index is 12.7. The molecule has 0 saturated carbocycles. The first-order valence-electron chi connectivity index (χ1n) is 8.06. The van der Waals surface area contributed by atoms with E-state index in [1.54, 1.807) is 0 Å². The van der Waals surface area contributed by atoms with Crippen LogP contribution in [0.4, 0.5) is 5.69 Å². The van der Waals surface area contributed by atoms with Crippen molar-refractivity contribution in [1.82, 2.24) is 10.2 Å². The van der Waals surface area contributed by atoms with Gasteiger partial charge < -0.3 is 10.2 Å². The van der Waals surface area contributed by atoms with Gasteiger partial charge in [-0.05, 0) is 45.0 Å². The van der Waals surface area contributed by atoms with Crippen LogP contribution < -0.4 is 10.2 Å². The number of para-hydroxylation sites is 1. The molecule has 1 amide bonds. The summed E-state index contributed by atoms with van der Waals surface area (Å²) in [5.41, 5.74) is 0.992. The second-order valence-electron chi connectivity index (χ2n) is 5.59. The van der Waals surface area contributed by atoms with Crippen molar-refractivity contribution < 1.29 is 4.79 Å². The first-order chi connectivity index (χ1) is 10.3. The fraction of sp³-hybridized carbons (Fsp3) is 0.588. The third-order valence-corrected chi connectivity index (χ3v) is 4.09. The Labute approximate surface area is 140 Å². The van der Waals surface area contributed by atoms with Gasteiger partial charge in [-0.2, -0.15) is 0 Å². The molecule has 1 N–H and O–H groups in total. The van der Waals surface area contributed by atoms with Crippen LogP contribution in [0.3, 0.4) is 0 Å². The van der Waals surface area contributed by atoms with Gasteiger partial charge in [0.25, 0.3) is 0 Å². The van der Waals surface area contributed by atoms with Crippen LogP contribution in [0, 0.1) is 0 Å². The summed E-state index contributed by atoms with van der Waals surface area (Å²) in [6, 6.07) is 10.5. The summed E-state index contributed by atoms with van der Waals surface area (Å²) in [6.07, 6.45) is 2.23. The summed E-state index contributed by atoms with van der Waals surface area (Å²) in [6.45, 7) is 8.50. The maximum absolute atomic E-state index is 12.7. The van der Waals surface area contributed by atoms with E-state index in [-0.39, 0.29) is 18.3 Å². The van der Waals surface area contributed by atoms with Crippen LogP contribution >= 0.6 is 12.4 Å². The molecule has 5 heteroatoms. The maximum Gasteiger partial charge on any atom is 0.241 e. The van der Waals surface area contributed by atoms with Crippen LogP contribution in [-0.4, -0.2) is 49.6 Å². The smallest absolute Gasteiger partial charge is 0.241 e. The highest BCUT2D eigenvalue weighted by Crippen LogP contribution is 2.15. The largest absolute Gasteiger partial charge is 0.315 e. The Morgan fingerprint density at radius 3 is 2.55 bits per heavy atom. The average Bonchev–Trinajstić information content (AvgIpc) is 3.03. The van der Waals surface area contributed by atoms with Crippen LogP contribution in [0.1, 0.15) is 26.7 Å². The summed E-state index contributed by atoms with van der Waals surface area (Å²) >= 11 is 0. The summed E-state index contributed by atoms with van der Waals surface area (Å²) in [5, 5.41) is 3.39. The third kappa shape index (κ3) is 4.97. The molecule has 1 aromatic rings. The standard InChI is InChI=1S/C17H27N3O.ClH/c1-3-12-19(16-10-11-18-13-16)14-17(21)20(4-2)15-8-6-5-7-9-15;/h5-9,16,18H,3-4,10-14H2,1-2H3;1H. The normalized spacial score (nSPS) is 17.3. The lowest BCUT2D eigenvalue weighted by Gasteiger charge is -2.30. The van der Waals surface area contributed by atoms with Gasteiger partial charge in [0, 0.05) is 24.8 Å². The second-order valence-corrected chi connectivity index (χ2v) is 5.59. The van der Waals surface area contributed by atoms with Crippen molar-refractivity contribution in [3.8, 4) is 0 Å². The number of nitrogens with zero attached hydrogens (tertiary/aromatic N) is 2. The van der Waals surface area contributed by atoms with E-state index in [2.05, 4.69) is 17.1 Å². The summed E-state index contributed by atoms with van der Waals surface area (Å²) in [7, 11) is 0. The first-order valence-corrected chi connectivity index (χ1v) is 8.06. The Kier molecular flexibility index (Phi) is 8.46. The lowest BCUT2D eigenvalue weighted by molar-refractivity contribution is -0.120. The molecule has 1 heterocycles. The van der Waals surface area contributed by atoms with E-state index in [9.17, 15) is 4.79 Å². The van der Waals surface area contributed by atoms with E-state index in [1.807, 2.05) is 42.2 Å². The zero-order valence-electron chi connectivity index (χ0n) is 13.6. The lowest BCUT2D eigenvalue weighted by Crippen LogP contribution is -2.45. The van der Waals surface area contributed by atoms with Crippen molar-refractivity contribution in [3.63, 3.8) is 0 Å². The Hall–Kier alpha value is -1.10. The fourth-order valence-corrected chi connectivity index (χ4v) is 3.00. The molecule has 1 fully saturated rings. The second kappa shape index (κ2) is 9.82. The van der Waals surface area contributed by atoms with Gasteiger partial charge in [-0.1, -0.05) is 25.1 Å². The predicted molar refractivity (Wildman–Crippen MR) is 94.9 cm³/mol. The molecule has 4 nitrogen and oxygen atoms in total. The minimum Gasteiger partial charge on any atom is -0.315 e. The molecule has 1 atom stereocenters. The van der Waals surface area contributed by atoms with Crippen LogP contribution in [0.15, 0.2) is 30.3 Å². The predicted octanol–water partition coefficient (Wildman–Crippen LogP) is 2.54. The molecule has 1 aromatic carbocycles. The van der Waals surface area contributed by atoms with E-state index in [0.29, 0.717) is 19.1 Å². The molecule has 1 aliphatic heterocycles. The number of halogens is 1. The van der Waals surface area contributed by atoms with Crippen molar-refractivity contribution in [1.29, 1.82) is 0 Å². The van der Waals surface area contributed by atoms with Gasteiger partial charge in [0.1, 0.15) is 0 Å². The van der Waals surface area contributed by atoms with E-state index >= 15 is 0 Å². The number of rotatable bonds is 7. The lowest BCUT2D eigenvalue weighted by atomic mass is 10.2. The van der Waals surface area contributed by atoms with Crippen molar-refractivity contribution in [2.75, 3.05) is 37.6 Å². The highest BCUT2D eigenvalue weighted by molar-refractivity contribution is 5.94. The molecule has 2 rings (SSSR count). The van der Waals surface area contributed by atoms with Gasteiger partial charge in [0.05, 0.1) is 6.54 Å². The van der Waals surface area contributed by atoms with E-state index < -0.39 is 0 Å².